The van der Waals surface area contributed by atoms with E-state index in [0.29, 0.717) is 10.4 Å². The molecular weight excluding hydrogens is 356 g/mol. The van der Waals surface area contributed by atoms with Crippen LogP contribution >= 0.6 is 22.9 Å². The number of halogens is 1. The third kappa shape index (κ3) is 3.60. The molecule has 9 heteroatoms. The van der Waals surface area contributed by atoms with Crippen molar-refractivity contribution in [2.24, 2.45) is 0 Å². The molecule has 0 fully saturated rings. The van der Waals surface area contributed by atoms with Gasteiger partial charge in [-0.1, -0.05) is 0 Å². The molecule has 2 rings (SSSR count). The molecule has 0 saturated carbocycles. The van der Waals surface area contributed by atoms with E-state index in [1.54, 1.807) is 13.8 Å². The van der Waals surface area contributed by atoms with Crippen molar-refractivity contribution in [3.63, 3.8) is 0 Å². The van der Waals surface area contributed by atoms with Gasteiger partial charge in [-0.25, -0.2) is 4.79 Å². The number of anilines is 1. The fourth-order valence-corrected chi connectivity index (χ4v) is 3.26. The monoisotopic (exact) mass is 370 g/mol. The topological polar surface area (TPSA) is 97.6 Å². The molecule has 0 aliphatic carbocycles. The highest BCUT2D eigenvalue weighted by atomic mass is 35.5. The number of amides is 2. The SMILES string of the molecule is CCOC(=O)c1c(NC(=O)c2ccc(Cl)o2)sc(C(=O)NC)c1C. The summed E-state index contributed by atoms with van der Waals surface area (Å²) >= 11 is 6.63. The maximum atomic E-state index is 12.2. The Hall–Kier alpha value is -2.32. The van der Waals surface area contributed by atoms with Crippen LogP contribution in [0.5, 0.6) is 0 Å². The fraction of sp³-hybridized carbons (Fsp3) is 0.267. The molecule has 2 heterocycles. The van der Waals surface area contributed by atoms with E-state index >= 15 is 0 Å². The molecular formula is C15H15ClN2O5S. The number of hydrogen-bond donors (Lipinski definition) is 2. The second-order valence-electron chi connectivity index (χ2n) is 4.62. The molecule has 0 aliphatic heterocycles. The highest BCUT2D eigenvalue weighted by Crippen LogP contribution is 2.34. The minimum atomic E-state index is -0.616. The van der Waals surface area contributed by atoms with Gasteiger partial charge in [-0.05, 0) is 43.1 Å². The van der Waals surface area contributed by atoms with Crippen molar-refractivity contribution < 1.29 is 23.5 Å². The van der Waals surface area contributed by atoms with Crippen molar-refractivity contribution in [2.45, 2.75) is 13.8 Å². The van der Waals surface area contributed by atoms with Crippen molar-refractivity contribution in [1.29, 1.82) is 0 Å². The standard InChI is InChI=1S/C15H15ClN2O5S/c1-4-22-15(21)10-7(2)11(13(20)17-3)24-14(10)18-12(19)8-5-6-9(16)23-8/h5-6H,4H2,1-3H3,(H,17,20)(H,18,19). The van der Waals surface area contributed by atoms with Gasteiger partial charge in [-0.15, -0.1) is 11.3 Å². The number of esters is 1. The summed E-state index contributed by atoms with van der Waals surface area (Å²) in [4.78, 5) is 36.7. The van der Waals surface area contributed by atoms with Crippen LogP contribution in [0.2, 0.25) is 5.22 Å². The molecule has 2 amide bonds. The van der Waals surface area contributed by atoms with E-state index in [1.807, 2.05) is 0 Å². The van der Waals surface area contributed by atoms with Crippen LogP contribution in [-0.4, -0.2) is 31.4 Å². The van der Waals surface area contributed by atoms with Gasteiger partial charge in [0.05, 0.1) is 17.0 Å². The number of carbonyl (C=O) groups excluding carboxylic acids is 3. The zero-order valence-corrected chi connectivity index (χ0v) is 14.8. The van der Waals surface area contributed by atoms with Crippen LogP contribution in [0.15, 0.2) is 16.5 Å². The van der Waals surface area contributed by atoms with Crippen molar-refractivity contribution >= 4 is 45.7 Å². The Labute approximate surface area is 146 Å². The van der Waals surface area contributed by atoms with Crippen LogP contribution in [-0.2, 0) is 4.74 Å². The second kappa shape index (κ2) is 7.50. The van der Waals surface area contributed by atoms with Crippen molar-refractivity contribution in [1.82, 2.24) is 5.32 Å². The van der Waals surface area contributed by atoms with Crippen LogP contribution in [0, 0.1) is 6.92 Å². The Kier molecular flexibility index (Phi) is 5.63. The molecule has 24 heavy (non-hydrogen) atoms. The number of ether oxygens (including phenoxy) is 1. The number of carbonyl (C=O) groups is 3. The van der Waals surface area contributed by atoms with Gasteiger partial charge in [0, 0.05) is 7.05 Å². The zero-order chi connectivity index (χ0) is 17.9. The van der Waals surface area contributed by atoms with Gasteiger partial charge >= 0.3 is 5.97 Å². The van der Waals surface area contributed by atoms with E-state index in [2.05, 4.69) is 10.6 Å². The normalized spacial score (nSPS) is 10.3. The van der Waals surface area contributed by atoms with E-state index in [-0.39, 0.29) is 34.1 Å². The van der Waals surface area contributed by atoms with Crippen molar-refractivity contribution in [3.05, 3.63) is 39.1 Å². The molecule has 7 nitrogen and oxygen atoms in total. The van der Waals surface area contributed by atoms with Crippen LogP contribution in [0.1, 0.15) is 43.1 Å². The average Bonchev–Trinajstić information content (AvgIpc) is 3.10. The summed E-state index contributed by atoms with van der Waals surface area (Å²) in [6.07, 6.45) is 0. The van der Waals surface area contributed by atoms with Crippen molar-refractivity contribution in [3.8, 4) is 0 Å². The van der Waals surface area contributed by atoms with Crippen LogP contribution in [0.4, 0.5) is 5.00 Å². The molecule has 128 valence electrons. The average molecular weight is 371 g/mol. The Morgan fingerprint density at radius 3 is 2.54 bits per heavy atom. The quantitative estimate of drug-likeness (QED) is 0.788. The highest BCUT2D eigenvalue weighted by Gasteiger charge is 2.27. The maximum absolute atomic E-state index is 12.2. The molecule has 2 aromatic rings. The third-order valence-corrected chi connectivity index (χ3v) is 4.49. The van der Waals surface area contributed by atoms with E-state index in [4.69, 9.17) is 20.8 Å². The first kappa shape index (κ1) is 18.0. The molecule has 0 bridgehead atoms. The number of thiophene rings is 1. The lowest BCUT2D eigenvalue weighted by Gasteiger charge is -2.06. The molecule has 2 aromatic heterocycles. The van der Waals surface area contributed by atoms with E-state index < -0.39 is 11.9 Å². The van der Waals surface area contributed by atoms with Crippen LogP contribution in [0.3, 0.4) is 0 Å². The fourth-order valence-electron chi connectivity index (χ4n) is 1.98. The summed E-state index contributed by atoms with van der Waals surface area (Å²) in [6, 6.07) is 2.83. The highest BCUT2D eigenvalue weighted by molar-refractivity contribution is 7.18. The summed E-state index contributed by atoms with van der Waals surface area (Å²) in [6.45, 7) is 3.46. The van der Waals surface area contributed by atoms with Gasteiger partial charge in [0.1, 0.15) is 5.00 Å². The lowest BCUT2D eigenvalue weighted by Crippen LogP contribution is -2.18. The molecule has 0 radical (unpaired) electrons. The molecule has 0 spiro atoms. The summed E-state index contributed by atoms with van der Waals surface area (Å²) < 4.78 is 10.0. The summed E-state index contributed by atoms with van der Waals surface area (Å²) in [7, 11) is 1.48. The van der Waals surface area contributed by atoms with Gasteiger partial charge < -0.3 is 19.8 Å². The maximum Gasteiger partial charge on any atom is 0.341 e. The zero-order valence-electron chi connectivity index (χ0n) is 13.2. The number of furan rings is 1. The number of hydrogen-bond acceptors (Lipinski definition) is 6. The van der Waals surface area contributed by atoms with Crippen molar-refractivity contribution in [2.75, 3.05) is 19.0 Å². The van der Waals surface area contributed by atoms with Crippen LogP contribution in [0.25, 0.3) is 0 Å². The van der Waals surface area contributed by atoms with E-state index in [9.17, 15) is 14.4 Å². The molecule has 0 aromatic carbocycles. The summed E-state index contributed by atoms with van der Waals surface area (Å²) in [5.74, 6) is -1.57. The van der Waals surface area contributed by atoms with Gasteiger partial charge in [0.25, 0.3) is 11.8 Å². The smallest absolute Gasteiger partial charge is 0.341 e. The Morgan fingerprint density at radius 1 is 1.29 bits per heavy atom. The predicted molar refractivity (Wildman–Crippen MR) is 90.1 cm³/mol. The second-order valence-corrected chi connectivity index (χ2v) is 6.01. The van der Waals surface area contributed by atoms with E-state index in [0.717, 1.165) is 11.3 Å². The minimum Gasteiger partial charge on any atom is -0.462 e. The first-order valence-electron chi connectivity index (χ1n) is 6.98. The third-order valence-electron chi connectivity index (χ3n) is 3.08. The van der Waals surface area contributed by atoms with Gasteiger partial charge in [0.2, 0.25) is 0 Å². The molecule has 2 N–H and O–H groups in total. The summed E-state index contributed by atoms with van der Waals surface area (Å²) in [5, 5.41) is 5.34. The molecule has 0 unspecified atom stereocenters. The first-order chi connectivity index (χ1) is 11.4. The Morgan fingerprint density at radius 2 is 2.00 bits per heavy atom. The first-order valence-corrected chi connectivity index (χ1v) is 8.17. The molecule has 0 atom stereocenters. The Balaban J connectivity index is 2.41. The van der Waals surface area contributed by atoms with E-state index in [1.165, 1.54) is 19.2 Å². The Bertz CT molecular complexity index is 796. The lowest BCUT2D eigenvalue weighted by molar-refractivity contribution is 0.0527. The van der Waals surface area contributed by atoms with Gasteiger partial charge in [0.15, 0.2) is 11.0 Å². The lowest BCUT2D eigenvalue weighted by atomic mass is 10.1. The molecule has 0 saturated heterocycles. The number of rotatable bonds is 5. The predicted octanol–water partition coefficient (Wildman–Crippen LogP) is 3.09. The largest absolute Gasteiger partial charge is 0.462 e. The van der Waals surface area contributed by atoms with Gasteiger partial charge in [-0.3, -0.25) is 9.59 Å². The molecule has 0 aliphatic rings. The van der Waals surface area contributed by atoms with Crippen LogP contribution < -0.4 is 10.6 Å². The van der Waals surface area contributed by atoms with Gasteiger partial charge in [-0.2, -0.15) is 0 Å². The summed E-state index contributed by atoms with van der Waals surface area (Å²) in [5.41, 5.74) is 0.581. The minimum absolute atomic E-state index is 0.0117. The number of nitrogens with one attached hydrogen (secondary N) is 2.